The van der Waals surface area contributed by atoms with Gasteiger partial charge >= 0.3 is 0 Å². The molecule has 0 aromatic carbocycles. The van der Waals surface area contributed by atoms with Gasteiger partial charge in [0.25, 0.3) is 0 Å². The second kappa shape index (κ2) is 37.2. The molecule has 56 heavy (non-hydrogen) atoms. The van der Waals surface area contributed by atoms with Crippen molar-refractivity contribution in [1.82, 2.24) is 5.32 Å². The Morgan fingerprint density at radius 3 is 1.64 bits per heavy atom. The number of unbranched alkanes of at least 4 members (excludes halogenated alkanes) is 16. The first-order chi connectivity index (χ1) is 27.3. The van der Waals surface area contributed by atoms with Gasteiger partial charge in [-0.1, -0.05) is 171 Å². The summed E-state index contributed by atoms with van der Waals surface area (Å²) in [5, 5.41) is 54.1. The number of hydrogen-bond acceptors (Lipinski definition) is 8. The molecule has 1 amide bonds. The van der Waals surface area contributed by atoms with Crippen molar-refractivity contribution in [2.45, 2.75) is 217 Å². The highest BCUT2D eigenvalue weighted by Gasteiger charge is 2.44. The Kier molecular flexibility index (Phi) is 34.5. The fraction of sp³-hybridized carbons (Fsp3) is 0.766. The standard InChI is InChI=1S/C47H83NO8/c1-3-5-7-9-11-13-14-15-16-17-18-19-20-21-22-23-24-25-26-27-28-29-31-33-35-37-43(51)48-40(41(50)36-34-32-30-12-10-8-6-4-2)39-55-47-46(54)45(53)44(52)42(38-49)56-47/h5,7,11,13,15-16,18-19,21-22,40-42,44-47,49-50,52-54H,3-4,6,8-10,12,14,17,20,23-39H2,1-2H3,(H,48,51)/b7-5-,13-11-,16-15-,19-18-,22-21-. The number of carbonyl (C=O) groups excluding carboxylic acids is 1. The van der Waals surface area contributed by atoms with Crippen LogP contribution in [0.5, 0.6) is 0 Å². The van der Waals surface area contributed by atoms with Crippen molar-refractivity contribution in [2.75, 3.05) is 13.2 Å². The van der Waals surface area contributed by atoms with Crippen molar-refractivity contribution in [1.29, 1.82) is 0 Å². The van der Waals surface area contributed by atoms with Crippen LogP contribution in [0.1, 0.15) is 174 Å². The van der Waals surface area contributed by atoms with Gasteiger partial charge < -0.3 is 40.3 Å². The average molecular weight is 790 g/mol. The van der Waals surface area contributed by atoms with Crippen LogP contribution in [-0.4, -0.2) is 87.5 Å². The van der Waals surface area contributed by atoms with Crippen molar-refractivity contribution < 1.29 is 39.8 Å². The van der Waals surface area contributed by atoms with E-state index >= 15 is 0 Å². The van der Waals surface area contributed by atoms with Crippen LogP contribution in [0.25, 0.3) is 0 Å². The number of carbonyl (C=O) groups is 1. The molecule has 0 bridgehead atoms. The second-order valence-electron chi connectivity index (χ2n) is 15.5. The summed E-state index contributed by atoms with van der Waals surface area (Å²) in [7, 11) is 0. The molecule has 324 valence electrons. The maximum atomic E-state index is 12.9. The topological polar surface area (TPSA) is 149 Å². The SMILES string of the molecule is CC/C=C\C/C=C\C/C=C\C/C=C\C/C=C\CCCCCCCCCCCC(=O)NC(COC1OC(CO)C(O)C(O)C1O)C(O)CCCCCCCCCC. The number of hydrogen-bond donors (Lipinski definition) is 6. The summed E-state index contributed by atoms with van der Waals surface area (Å²) in [5.41, 5.74) is 0. The molecule has 0 aromatic heterocycles. The lowest BCUT2D eigenvalue weighted by atomic mass is 9.99. The van der Waals surface area contributed by atoms with Crippen LogP contribution in [0, 0.1) is 0 Å². The molecular formula is C47H83NO8. The summed E-state index contributed by atoms with van der Waals surface area (Å²) in [6, 6.07) is -0.722. The summed E-state index contributed by atoms with van der Waals surface area (Å²) >= 11 is 0. The zero-order valence-corrected chi connectivity index (χ0v) is 35.4. The zero-order valence-electron chi connectivity index (χ0n) is 35.4. The zero-order chi connectivity index (χ0) is 40.9. The maximum Gasteiger partial charge on any atom is 0.220 e. The van der Waals surface area contributed by atoms with Gasteiger partial charge in [0.05, 0.1) is 25.4 Å². The molecule has 0 spiro atoms. The van der Waals surface area contributed by atoms with Crippen LogP contribution in [-0.2, 0) is 14.3 Å². The number of rotatable bonds is 36. The lowest BCUT2D eigenvalue weighted by Crippen LogP contribution is -2.60. The van der Waals surface area contributed by atoms with Crippen LogP contribution in [0.15, 0.2) is 60.8 Å². The maximum absolute atomic E-state index is 12.9. The Hall–Kier alpha value is -2.11. The number of ether oxygens (including phenoxy) is 2. The summed E-state index contributed by atoms with van der Waals surface area (Å²) in [4.78, 5) is 12.9. The van der Waals surface area contributed by atoms with E-state index in [-0.39, 0.29) is 12.5 Å². The van der Waals surface area contributed by atoms with Gasteiger partial charge in [-0.15, -0.1) is 0 Å². The van der Waals surface area contributed by atoms with E-state index in [0.29, 0.717) is 12.8 Å². The van der Waals surface area contributed by atoms with E-state index in [0.717, 1.165) is 77.0 Å². The summed E-state index contributed by atoms with van der Waals surface area (Å²) < 4.78 is 11.2. The molecule has 1 aliphatic heterocycles. The van der Waals surface area contributed by atoms with Crippen molar-refractivity contribution in [3.8, 4) is 0 Å². The fourth-order valence-electron chi connectivity index (χ4n) is 6.77. The predicted octanol–water partition coefficient (Wildman–Crippen LogP) is 9.22. The van der Waals surface area contributed by atoms with E-state index in [1.165, 1.54) is 70.6 Å². The Bertz CT molecular complexity index is 1060. The summed E-state index contributed by atoms with van der Waals surface area (Å²) in [6.45, 7) is 3.66. The molecule has 1 fully saturated rings. The summed E-state index contributed by atoms with van der Waals surface area (Å²) in [5.74, 6) is -0.158. The third-order valence-electron chi connectivity index (χ3n) is 10.4. The van der Waals surface area contributed by atoms with Crippen LogP contribution in [0.4, 0.5) is 0 Å². The van der Waals surface area contributed by atoms with Crippen LogP contribution < -0.4 is 5.32 Å². The molecule has 6 N–H and O–H groups in total. The van der Waals surface area contributed by atoms with Crippen LogP contribution >= 0.6 is 0 Å². The number of nitrogens with one attached hydrogen (secondary N) is 1. The second-order valence-corrected chi connectivity index (χ2v) is 15.5. The van der Waals surface area contributed by atoms with Crippen molar-refractivity contribution in [3.05, 3.63) is 60.8 Å². The molecule has 1 rings (SSSR count). The minimum atomic E-state index is -1.55. The fourth-order valence-corrected chi connectivity index (χ4v) is 6.77. The first kappa shape index (κ1) is 51.9. The van der Waals surface area contributed by atoms with E-state index < -0.39 is 49.5 Å². The molecule has 1 aliphatic rings. The Morgan fingerprint density at radius 1 is 0.625 bits per heavy atom. The molecular weight excluding hydrogens is 707 g/mol. The normalized spacial score (nSPS) is 21.7. The highest BCUT2D eigenvalue weighted by Crippen LogP contribution is 2.23. The number of aliphatic hydroxyl groups excluding tert-OH is 5. The Labute approximate surface area is 341 Å². The monoisotopic (exact) mass is 790 g/mol. The van der Waals surface area contributed by atoms with E-state index in [2.05, 4.69) is 79.9 Å². The van der Waals surface area contributed by atoms with Crippen molar-refractivity contribution in [2.24, 2.45) is 0 Å². The van der Waals surface area contributed by atoms with Gasteiger partial charge in [0, 0.05) is 6.42 Å². The highest BCUT2D eigenvalue weighted by atomic mass is 16.7. The Morgan fingerprint density at radius 2 is 1.11 bits per heavy atom. The molecule has 7 unspecified atom stereocenters. The van der Waals surface area contributed by atoms with Gasteiger partial charge in [-0.05, 0) is 57.8 Å². The first-order valence-electron chi connectivity index (χ1n) is 22.5. The minimum absolute atomic E-state index is 0.144. The molecule has 7 atom stereocenters. The van der Waals surface area contributed by atoms with Gasteiger partial charge in [0.15, 0.2) is 6.29 Å². The number of amides is 1. The molecule has 1 saturated heterocycles. The average Bonchev–Trinajstić information content (AvgIpc) is 3.20. The lowest BCUT2D eigenvalue weighted by molar-refractivity contribution is -0.302. The lowest BCUT2D eigenvalue weighted by Gasteiger charge is -2.40. The summed E-state index contributed by atoms with van der Waals surface area (Å²) in [6.07, 6.45) is 41.0. The van der Waals surface area contributed by atoms with Gasteiger partial charge in [0.1, 0.15) is 24.4 Å². The smallest absolute Gasteiger partial charge is 0.220 e. The highest BCUT2D eigenvalue weighted by molar-refractivity contribution is 5.76. The van der Waals surface area contributed by atoms with Gasteiger partial charge in [0.2, 0.25) is 5.91 Å². The molecule has 0 saturated carbocycles. The van der Waals surface area contributed by atoms with Crippen LogP contribution in [0.2, 0.25) is 0 Å². The van der Waals surface area contributed by atoms with Crippen LogP contribution in [0.3, 0.4) is 0 Å². The molecule has 1 heterocycles. The van der Waals surface area contributed by atoms with E-state index in [1.807, 2.05) is 0 Å². The van der Waals surface area contributed by atoms with E-state index in [9.17, 15) is 30.3 Å². The van der Waals surface area contributed by atoms with Crippen molar-refractivity contribution in [3.63, 3.8) is 0 Å². The third kappa shape index (κ3) is 27.5. The number of aliphatic hydroxyl groups is 5. The van der Waals surface area contributed by atoms with E-state index in [1.54, 1.807) is 0 Å². The molecule has 0 radical (unpaired) electrons. The van der Waals surface area contributed by atoms with Gasteiger partial charge in [-0.25, -0.2) is 0 Å². The molecule has 9 heteroatoms. The van der Waals surface area contributed by atoms with E-state index in [4.69, 9.17) is 9.47 Å². The molecule has 0 aromatic rings. The predicted molar refractivity (Wildman–Crippen MR) is 230 cm³/mol. The van der Waals surface area contributed by atoms with Gasteiger partial charge in [-0.3, -0.25) is 4.79 Å². The number of allylic oxidation sites excluding steroid dienone is 10. The largest absolute Gasteiger partial charge is 0.394 e. The quantitative estimate of drug-likeness (QED) is 0.0272. The van der Waals surface area contributed by atoms with Gasteiger partial charge in [-0.2, -0.15) is 0 Å². The molecule has 9 nitrogen and oxygen atoms in total. The third-order valence-corrected chi connectivity index (χ3v) is 10.4. The first-order valence-corrected chi connectivity index (χ1v) is 22.5. The molecule has 0 aliphatic carbocycles. The Balaban J connectivity index is 2.23. The van der Waals surface area contributed by atoms with Crippen molar-refractivity contribution >= 4 is 5.91 Å². The minimum Gasteiger partial charge on any atom is -0.394 e.